The summed E-state index contributed by atoms with van der Waals surface area (Å²) in [5, 5.41) is 2.84. The molecular weight excluding hydrogens is 262 g/mol. The van der Waals surface area contributed by atoms with E-state index in [1.54, 1.807) is 0 Å². The lowest BCUT2D eigenvalue weighted by molar-refractivity contribution is -0.138. The minimum atomic E-state index is -4.60. The van der Waals surface area contributed by atoms with E-state index in [0.29, 0.717) is 12.3 Å². The van der Waals surface area contributed by atoms with Gasteiger partial charge in [-0.05, 0) is 32.3 Å². The Labute approximate surface area is 108 Å². The average molecular weight is 277 g/mol. The van der Waals surface area contributed by atoms with Crippen LogP contribution < -0.4 is 11.1 Å². The fraction of sp³-hybridized carbons (Fsp3) is 0.583. The molecule has 1 fully saturated rings. The van der Waals surface area contributed by atoms with E-state index in [1.807, 2.05) is 6.92 Å². The number of nitrogens with zero attached hydrogens (tertiary/aromatic N) is 1. The summed E-state index contributed by atoms with van der Waals surface area (Å²) in [7, 11) is 0. The van der Waals surface area contributed by atoms with Crippen LogP contribution in [-0.2, 0) is 6.18 Å². The standard InChI is InChI=1S/C12H15F4N3/c1-11(4-2-3-9(11)17)19-10-8(13)5-7(6-18-10)12(14,15)16/h5-6,9H,2-4,17H2,1H3,(H,18,19)/t9-,11+/m0/s1. The first kappa shape index (κ1) is 14.0. The average Bonchev–Trinajstić information content (AvgIpc) is 2.61. The zero-order valence-electron chi connectivity index (χ0n) is 10.4. The molecule has 2 atom stereocenters. The van der Waals surface area contributed by atoms with Gasteiger partial charge in [-0.3, -0.25) is 0 Å². The van der Waals surface area contributed by atoms with Crippen molar-refractivity contribution in [3.05, 3.63) is 23.6 Å². The Balaban J connectivity index is 2.23. The van der Waals surface area contributed by atoms with Gasteiger partial charge >= 0.3 is 6.18 Å². The monoisotopic (exact) mass is 277 g/mol. The Kier molecular flexibility index (Phi) is 3.42. The summed E-state index contributed by atoms with van der Waals surface area (Å²) in [5.74, 6) is -1.21. The van der Waals surface area contributed by atoms with Crippen molar-refractivity contribution in [3.8, 4) is 0 Å². The number of hydrogen-bond acceptors (Lipinski definition) is 3. The summed E-state index contributed by atoms with van der Waals surface area (Å²) in [4.78, 5) is 3.53. The first-order chi connectivity index (χ1) is 8.72. The molecule has 0 bridgehead atoms. The van der Waals surface area contributed by atoms with E-state index in [0.717, 1.165) is 19.3 Å². The zero-order chi connectivity index (χ0) is 14.3. The molecule has 7 heteroatoms. The fourth-order valence-electron chi connectivity index (χ4n) is 2.30. The molecule has 1 aromatic rings. The maximum Gasteiger partial charge on any atom is 0.417 e. The highest BCUT2D eigenvalue weighted by atomic mass is 19.4. The van der Waals surface area contributed by atoms with Gasteiger partial charge in [-0.25, -0.2) is 9.37 Å². The van der Waals surface area contributed by atoms with Gasteiger partial charge in [0, 0.05) is 12.2 Å². The molecule has 106 valence electrons. The Morgan fingerprint density at radius 2 is 2.16 bits per heavy atom. The molecule has 0 amide bonds. The number of hydrogen-bond donors (Lipinski definition) is 2. The van der Waals surface area contributed by atoms with E-state index in [4.69, 9.17) is 5.73 Å². The van der Waals surface area contributed by atoms with Gasteiger partial charge in [-0.1, -0.05) is 0 Å². The molecule has 0 radical (unpaired) electrons. The van der Waals surface area contributed by atoms with Crippen LogP contribution in [0.2, 0.25) is 0 Å². The van der Waals surface area contributed by atoms with Crippen molar-refractivity contribution in [2.24, 2.45) is 5.73 Å². The summed E-state index contributed by atoms with van der Waals surface area (Å²) in [5.41, 5.74) is 4.28. The van der Waals surface area contributed by atoms with Crippen LogP contribution in [0, 0.1) is 5.82 Å². The van der Waals surface area contributed by atoms with Gasteiger partial charge in [0.1, 0.15) is 0 Å². The van der Waals surface area contributed by atoms with Crippen LogP contribution in [-0.4, -0.2) is 16.6 Å². The van der Waals surface area contributed by atoms with Crippen molar-refractivity contribution in [2.75, 3.05) is 5.32 Å². The SMILES string of the molecule is C[C@@]1(Nc2ncc(C(F)(F)F)cc2F)CCC[C@@H]1N. The molecule has 19 heavy (non-hydrogen) atoms. The third-order valence-corrected chi connectivity index (χ3v) is 3.60. The topological polar surface area (TPSA) is 50.9 Å². The largest absolute Gasteiger partial charge is 0.417 e. The van der Waals surface area contributed by atoms with E-state index >= 15 is 0 Å². The molecule has 0 unspecified atom stereocenters. The molecule has 1 aromatic heterocycles. The molecule has 3 N–H and O–H groups in total. The van der Waals surface area contributed by atoms with Crippen LogP contribution in [0.5, 0.6) is 0 Å². The van der Waals surface area contributed by atoms with E-state index in [-0.39, 0.29) is 11.9 Å². The van der Waals surface area contributed by atoms with E-state index in [2.05, 4.69) is 10.3 Å². The van der Waals surface area contributed by atoms with Crippen molar-refractivity contribution in [1.29, 1.82) is 0 Å². The van der Waals surface area contributed by atoms with Gasteiger partial charge in [-0.15, -0.1) is 0 Å². The molecule has 0 aliphatic heterocycles. The molecule has 1 saturated carbocycles. The molecule has 1 aliphatic rings. The number of nitrogens with two attached hydrogens (primary N) is 1. The van der Waals surface area contributed by atoms with Crippen LogP contribution in [0.4, 0.5) is 23.4 Å². The highest BCUT2D eigenvalue weighted by Gasteiger charge is 2.38. The number of alkyl halides is 3. The van der Waals surface area contributed by atoms with E-state index < -0.39 is 23.1 Å². The predicted molar refractivity (Wildman–Crippen MR) is 63.1 cm³/mol. The van der Waals surface area contributed by atoms with Gasteiger partial charge in [0.05, 0.1) is 11.1 Å². The quantitative estimate of drug-likeness (QED) is 0.817. The number of halogens is 4. The highest BCUT2D eigenvalue weighted by molar-refractivity contribution is 5.42. The number of pyridine rings is 1. The lowest BCUT2D eigenvalue weighted by atomic mass is 9.96. The Morgan fingerprint density at radius 3 is 2.63 bits per heavy atom. The molecular formula is C12H15F4N3. The fourth-order valence-corrected chi connectivity index (χ4v) is 2.30. The maximum absolute atomic E-state index is 13.7. The van der Waals surface area contributed by atoms with Crippen molar-refractivity contribution < 1.29 is 17.6 Å². The second-order valence-corrected chi connectivity index (χ2v) is 5.09. The third kappa shape index (κ3) is 2.80. The number of rotatable bonds is 2. The summed E-state index contributed by atoms with van der Waals surface area (Å²) in [6, 6.07) is 0.273. The van der Waals surface area contributed by atoms with Crippen molar-refractivity contribution in [1.82, 2.24) is 4.98 Å². The highest BCUT2D eigenvalue weighted by Crippen LogP contribution is 2.34. The number of nitrogens with one attached hydrogen (secondary N) is 1. The lowest BCUT2D eigenvalue weighted by Crippen LogP contribution is -2.47. The van der Waals surface area contributed by atoms with Gasteiger partial charge in [0.15, 0.2) is 11.6 Å². The van der Waals surface area contributed by atoms with E-state index in [9.17, 15) is 17.6 Å². The summed E-state index contributed by atoms with van der Waals surface area (Å²) >= 11 is 0. The second kappa shape index (κ2) is 4.63. The summed E-state index contributed by atoms with van der Waals surface area (Å²) in [6.07, 6.45) is -1.55. The van der Waals surface area contributed by atoms with Crippen LogP contribution in [0.1, 0.15) is 31.7 Å². The molecule has 2 rings (SSSR count). The Hall–Kier alpha value is -1.37. The van der Waals surface area contributed by atoms with Gasteiger partial charge in [0.25, 0.3) is 0 Å². The minimum Gasteiger partial charge on any atom is -0.361 e. The van der Waals surface area contributed by atoms with Crippen LogP contribution >= 0.6 is 0 Å². The van der Waals surface area contributed by atoms with E-state index in [1.165, 1.54) is 0 Å². The third-order valence-electron chi connectivity index (χ3n) is 3.60. The normalized spacial score (nSPS) is 27.6. The van der Waals surface area contributed by atoms with Crippen LogP contribution in [0.15, 0.2) is 12.3 Å². The first-order valence-corrected chi connectivity index (χ1v) is 5.99. The van der Waals surface area contributed by atoms with Gasteiger partial charge in [0.2, 0.25) is 0 Å². The maximum atomic E-state index is 13.7. The minimum absolute atomic E-state index is 0.170. The Morgan fingerprint density at radius 1 is 1.47 bits per heavy atom. The smallest absolute Gasteiger partial charge is 0.361 e. The van der Waals surface area contributed by atoms with Crippen molar-refractivity contribution in [2.45, 2.75) is 43.9 Å². The number of anilines is 1. The van der Waals surface area contributed by atoms with Crippen molar-refractivity contribution >= 4 is 5.82 Å². The molecule has 0 aromatic carbocycles. The first-order valence-electron chi connectivity index (χ1n) is 5.99. The Bertz CT molecular complexity index is 475. The summed E-state index contributed by atoms with van der Waals surface area (Å²) < 4.78 is 50.8. The second-order valence-electron chi connectivity index (χ2n) is 5.09. The molecule has 1 heterocycles. The van der Waals surface area contributed by atoms with Crippen LogP contribution in [0.3, 0.4) is 0 Å². The number of aromatic nitrogens is 1. The zero-order valence-corrected chi connectivity index (χ0v) is 10.4. The van der Waals surface area contributed by atoms with Gasteiger partial charge < -0.3 is 11.1 Å². The van der Waals surface area contributed by atoms with Crippen LogP contribution in [0.25, 0.3) is 0 Å². The summed E-state index contributed by atoms with van der Waals surface area (Å²) in [6.45, 7) is 1.82. The molecule has 1 aliphatic carbocycles. The van der Waals surface area contributed by atoms with Crippen molar-refractivity contribution in [3.63, 3.8) is 0 Å². The molecule has 3 nitrogen and oxygen atoms in total. The lowest BCUT2D eigenvalue weighted by Gasteiger charge is -2.31. The van der Waals surface area contributed by atoms with Gasteiger partial charge in [-0.2, -0.15) is 13.2 Å². The molecule has 0 spiro atoms. The molecule has 0 saturated heterocycles. The predicted octanol–water partition coefficient (Wildman–Crippen LogP) is 2.92.